The van der Waals surface area contributed by atoms with Gasteiger partial charge in [0.05, 0.1) is 0 Å². The van der Waals surface area contributed by atoms with E-state index >= 15 is 0 Å². The minimum atomic E-state index is 0.656. The molecular weight excluding hydrogens is 88.1 g/mol. The van der Waals surface area contributed by atoms with Crippen molar-refractivity contribution in [2.75, 3.05) is 0 Å². The maximum atomic E-state index is 9.68. The fourth-order valence-electron chi connectivity index (χ4n) is 0.258. The van der Waals surface area contributed by atoms with E-state index in [4.69, 9.17) is 0 Å². The molecule has 0 aromatic heterocycles. The lowest BCUT2D eigenvalue weighted by atomic mass is 10.2. The Bertz CT molecular complexity index is 107. The lowest BCUT2D eigenvalue weighted by molar-refractivity contribution is 0.566. The van der Waals surface area contributed by atoms with Gasteiger partial charge in [-0.25, -0.2) is 4.79 Å². The van der Waals surface area contributed by atoms with E-state index in [2.05, 4.69) is 6.58 Å². The number of rotatable bonds is 2. The number of allylic oxidation sites excluding steroid dienone is 2. The maximum Gasteiger partial charge on any atom is 0.123 e. The normalized spacial score (nSPS) is 7.00. The molecule has 0 spiro atoms. The van der Waals surface area contributed by atoms with Crippen molar-refractivity contribution in [1.82, 2.24) is 0 Å². The van der Waals surface area contributed by atoms with E-state index in [-0.39, 0.29) is 0 Å². The molecule has 0 saturated carbocycles. The SMILES string of the molecule is C=CCC(C)=C=O. The van der Waals surface area contributed by atoms with Gasteiger partial charge in [-0.05, 0) is 13.3 Å². The highest BCUT2D eigenvalue weighted by Crippen LogP contribution is 1.91. The Morgan fingerprint density at radius 1 is 2.00 bits per heavy atom. The average Bonchev–Trinajstić information content (AvgIpc) is 1.68. The minimum absolute atomic E-state index is 0.656. The summed E-state index contributed by atoms with van der Waals surface area (Å²) < 4.78 is 0. The smallest absolute Gasteiger partial charge is 0.123 e. The third-order valence-electron chi connectivity index (χ3n) is 0.625. The first-order chi connectivity index (χ1) is 3.31. The summed E-state index contributed by atoms with van der Waals surface area (Å²) in [6.45, 7) is 5.18. The van der Waals surface area contributed by atoms with Crippen molar-refractivity contribution in [3.05, 3.63) is 18.2 Å². The molecular formula is C6H8O. The molecule has 0 amide bonds. The van der Waals surface area contributed by atoms with Gasteiger partial charge in [0.25, 0.3) is 0 Å². The van der Waals surface area contributed by atoms with Crippen LogP contribution in [-0.4, -0.2) is 5.94 Å². The van der Waals surface area contributed by atoms with E-state index in [9.17, 15) is 4.79 Å². The highest BCUT2D eigenvalue weighted by Gasteiger charge is 1.78. The summed E-state index contributed by atoms with van der Waals surface area (Å²) in [5.74, 6) is 1.76. The lowest BCUT2D eigenvalue weighted by Gasteiger charge is -1.79. The molecule has 0 aliphatic carbocycles. The Morgan fingerprint density at radius 2 is 2.57 bits per heavy atom. The molecule has 0 unspecified atom stereocenters. The fourth-order valence-corrected chi connectivity index (χ4v) is 0.258. The van der Waals surface area contributed by atoms with Gasteiger partial charge in [-0.2, -0.15) is 0 Å². The predicted octanol–water partition coefficient (Wildman–Crippen LogP) is 1.34. The molecule has 38 valence electrons. The van der Waals surface area contributed by atoms with Crippen molar-refractivity contribution in [2.45, 2.75) is 13.3 Å². The molecule has 1 heteroatoms. The van der Waals surface area contributed by atoms with Crippen LogP contribution in [-0.2, 0) is 4.79 Å². The molecule has 0 radical (unpaired) electrons. The van der Waals surface area contributed by atoms with Crippen LogP contribution in [0.4, 0.5) is 0 Å². The van der Waals surface area contributed by atoms with Gasteiger partial charge in [-0.15, -0.1) is 6.58 Å². The maximum absolute atomic E-state index is 9.68. The van der Waals surface area contributed by atoms with Crippen LogP contribution in [0.1, 0.15) is 13.3 Å². The second-order valence-electron chi connectivity index (χ2n) is 1.38. The zero-order chi connectivity index (χ0) is 5.70. The van der Waals surface area contributed by atoms with Crippen LogP contribution in [0.3, 0.4) is 0 Å². The van der Waals surface area contributed by atoms with Crippen molar-refractivity contribution in [3.63, 3.8) is 0 Å². The van der Waals surface area contributed by atoms with Gasteiger partial charge in [0, 0.05) is 5.57 Å². The zero-order valence-electron chi connectivity index (χ0n) is 4.40. The third-order valence-corrected chi connectivity index (χ3v) is 0.625. The summed E-state index contributed by atoms with van der Waals surface area (Å²) in [6.07, 6.45) is 2.34. The summed E-state index contributed by atoms with van der Waals surface area (Å²) in [7, 11) is 0. The van der Waals surface area contributed by atoms with Crippen molar-refractivity contribution in [3.8, 4) is 0 Å². The number of hydrogen-bond acceptors (Lipinski definition) is 1. The highest BCUT2D eigenvalue weighted by molar-refractivity contribution is 5.51. The zero-order valence-corrected chi connectivity index (χ0v) is 4.40. The molecule has 0 atom stereocenters. The van der Waals surface area contributed by atoms with Crippen LogP contribution in [0, 0.1) is 0 Å². The second kappa shape index (κ2) is 3.38. The molecule has 0 N–H and O–H groups in total. The Kier molecular flexibility index (Phi) is 2.99. The lowest BCUT2D eigenvalue weighted by Crippen LogP contribution is -1.69. The van der Waals surface area contributed by atoms with Crippen LogP contribution in [0.15, 0.2) is 18.2 Å². The van der Waals surface area contributed by atoms with Gasteiger partial charge in [0.2, 0.25) is 0 Å². The van der Waals surface area contributed by atoms with Crippen molar-refractivity contribution >= 4 is 5.94 Å². The summed E-state index contributed by atoms with van der Waals surface area (Å²) in [4.78, 5) is 9.68. The Morgan fingerprint density at radius 3 is 2.71 bits per heavy atom. The summed E-state index contributed by atoms with van der Waals surface area (Å²) in [5.41, 5.74) is 0.704. The van der Waals surface area contributed by atoms with Crippen molar-refractivity contribution in [2.24, 2.45) is 0 Å². The van der Waals surface area contributed by atoms with Gasteiger partial charge in [-0.1, -0.05) is 6.08 Å². The quantitative estimate of drug-likeness (QED) is 0.374. The van der Waals surface area contributed by atoms with E-state index in [1.54, 1.807) is 18.9 Å². The minimum Gasteiger partial charge on any atom is -0.234 e. The molecule has 1 nitrogen and oxygen atoms in total. The number of carbonyl (C=O) groups excluding carboxylic acids is 1. The topological polar surface area (TPSA) is 17.1 Å². The Labute approximate surface area is 43.3 Å². The van der Waals surface area contributed by atoms with Crippen molar-refractivity contribution in [1.29, 1.82) is 0 Å². The van der Waals surface area contributed by atoms with Crippen LogP contribution >= 0.6 is 0 Å². The summed E-state index contributed by atoms with van der Waals surface area (Å²) in [5, 5.41) is 0. The van der Waals surface area contributed by atoms with E-state index in [0.717, 1.165) is 0 Å². The largest absolute Gasteiger partial charge is 0.234 e. The summed E-state index contributed by atoms with van der Waals surface area (Å²) >= 11 is 0. The second-order valence-corrected chi connectivity index (χ2v) is 1.38. The van der Waals surface area contributed by atoms with E-state index in [1.165, 1.54) is 0 Å². The first kappa shape index (κ1) is 6.19. The first-order valence-corrected chi connectivity index (χ1v) is 2.12. The van der Waals surface area contributed by atoms with Crippen LogP contribution in [0.5, 0.6) is 0 Å². The monoisotopic (exact) mass is 96.1 g/mol. The van der Waals surface area contributed by atoms with Gasteiger partial charge < -0.3 is 0 Å². The molecule has 0 rings (SSSR count). The molecule has 0 aromatic carbocycles. The Balaban J connectivity index is 3.58. The van der Waals surface area contributed by atoms with Crippen molar-refractivity contribution < 1.29 is 4.79 Å². The standard InChI is InChI=1S/C6H8O/c1-3-4-6(2)5-7/h3H,1,4H2,2H3. The molecule has 0 saturated heterocycles. The van der Waals surface area contributed by atoms with Gasteiger partial charge >= 0.3 is 0 Å². The molecule has 0 bridgehead atoms. The van der Waals surface area contributed by atoms with Crippen LogP contribution < -0.4 is 0 Å². The van der Waals surface area contributed by atoms with Gasteiger partial charge in [0.1, 0.15) is 5.94 Å². The van der Waals surface area contributed by atoms with Crippen LogP contribution in [0.2, 0.25) is 0 Å². The van der Waals surface area contributed by atoms with E-state index in [1.807, 2.05) is 0 Å². The number of hydrogen-bond donors (Lipinski definition) is 0. The first-order valence-electron chi connectivity index (χ1n) is 2.12. The van der Waals surface area contributed by atoms with Gasteiger partial charge in [-0.3, -0.25) is 0 Å². The highest BCUT2D eigenvalue weighted by atomic mass is 16.1. The predicted molar refractivity (Wildman–Crippen MR) is 29.7 cm³/mol. The fraction of sp³-hybridized carbons (Fsp3) is 0.333. The average molecular weight is 96.1 g/mol. The third kappa shape index (κ3) is 3.01. The van der Waals surface area contributed by atoms with E-state index in [0.29, 0.717) is 12.0 Å². The summed E-state index contributed by atoms with van der Waals surface area (Å²) in [6, 6.07) is 0. The molecule has 0 fully saturated rings. The molecule has 0 aliphatic heterocycles. The van der Waals surface area contributed by atoms with Crippen LogP contribution in [0.25, 0.3) is 0 Å². The molecule has 0 aromatic rings. The molecule has 0 heterocycles. The molecule has 0 aliphatic rings. The Hall–Kier alpha value is -0.810. The molecule has 7 heavy (non-hydrogen) atoms. The van der Waals surface area contributed by atoms with E-state index < -0.39 is 0 Å². The van der Waals surface area contributed by atoms with Gasteiger partial charge in [0.15, 0.2) is 0 Å².